The van der Waals surface area contributed by atoms with Crippen LogP contribution in [0.5, 0.6) is 0 Å². The Hall–Kier alpha value is -1.62. The summed E-state index contributed by atoms with van der Waals surface area (Å²) in [5.74, 6) is 0.649. The number of fused-ring (bicyclic) bond motifs is 4. The minimum atomic E-state index is -1.52. The molecule has 5 rings (SSSR count). The van der Waals surface area contributed by atoms with Crippen LogP contribution in [0.25, 0.3) is 0 Å². The first-order valence-corrected chi connectivity index (χ1v) is 16.9. The first kappa shape index (κ1) is 26.0. The van der Waals surface area contributed by atoms with Crippen LogP contribution in [0, 0.1) is 5.41 Å². The Morgan fingerprint density at radius 2 is 2.06 bits per heavy atom. The molecule has 2 heterocycles. The van der Waals surface area contributed by atoms with Crippen molar-refractivity contribution in [1.29, 1.82) is 0 Å². The number of ketones is 1. The maximum atomic E-state index is 12.3. The van der Waals surface area contributed by atoms with Crippen molar-refractivity contribution in [2.24, 2.45) is 16.3 Å². The molecule has 2 aliphatic carbocycles. The summed E-state index contributed by atoms with van der Waals surface area (Å²) in [5, 5.41) is 4.25. The first-order chi connectivity index (χ1) is 17.3. The summed E-state index contributed by atoms with van der Waals surface area (Å²) >= 11 is 3.31. The summed E-state index contributed by atoms with van der Waals surface area (Å²) in [5.41, 5.74) is 13.1. The third-order valence-corrected chi connectivity index (χ3v) is 17.2. The number of hydrogen-bond acceptors (Lipinski definition) is 5. The molecule has 8 heteroatoms. The Balaban J connectivity index is 1.58. The summed E-state index contributed by atoms with van der Waals surface area (Å²) in [6.45, 7) is 3.13. The van der Waals surface area contributed by atoms with Gasteiger partial charge in [-0.25, -0.2) is 0 Å². The number of allylic oxidation sites excluding steroid dienone is 4. The zero-order chi connectivity index (χ0) is 25.5. The fraction of sp³-hybridized carbons (Fsp3) is 0.536. The van der Waals surface area contributed by atoms with E-state index in [2.05, 4.69) is 41.7 Å². The van der Waals surface area contributed by atoms with E-state index in [1.54, 1.807) is 16.9 Å². The van der Waals surface area contributed by atoms with Crippen molar-refractivity contribution in [3.8, 4) is 0 Å². The number of benzene rings is 1. The topological polar surface area (TPSA) is 85.9 Å². The molecule has 3 unspecified atom stereocenters. The van der Waals surface area contributed by atoms with Gasteiger partial charge in [-0.1, -0.05) is 0 Å². The van der Waals surface area contributed by atoms with Gasteiger partial charge in [-0.2, -0.15) is 0 Å². The second kappa shape index (κ2) is 10.3. The van der Waals surface area contributed by atoms with Gasteiger partial charge in [0.2, 0.25) is 0 Å². The van der Waals surface area contributed by atoms with Crippen molar-refractivity contribution < 1.29 is 14.3 Å². The third-order valence-electron chi connectivity index (χ3n) is 8.74. The molecule has 4 aliphatic rings. The van der Waals surface area contributed by atoms with Crippen molar-refractivity contribution >= 4 is 49.1 Å². The van der Waals surface area contributed by atoms with Crippen molar-refractivity contribution in [2.75, 3.05) is 25.3 Å². The predicted octanol–water partition coefficient (Wildman–Crippen LogP) is 4.99. The molecule has 36 heavy (non-hydrogen) atoms. The number of nitrogens with zero attached hydrogens (tertiary/aromatic N) is 1. The molecule has 0 bridgehead atoms. The van der Waals surface area contributed by atoms with Gasteiger partial charge < -0.3 is 0 Å². The Morgan fingerprint density at radius 3 is 2.75 bits per heavy atom. The van der Waals surface area contributed by atoms with Crippen molar-refractivity contribution in [1.82, 2.24) is 5.43 Å². The summed E-state index contributed by atoms with van der Waals surface area (Å²) in [6.07, 6.45) is 9.68. The number of carbonyl (C=O) groups excluding carboxylic acids is 1. The number of methoxy groups -OCH3 is 2. The second-order valence-corrected chi connectivity index (χ2v) is 17.0. The van der Waals surface area contributed by atoms with E-state index < -0.39 is 19.8 Å². The summed E-state index contributed by atoms with van der Waals surface area (Å²) in [6, 6.07) is 8.75. The Morgan fingerprint density at radius 1 is 1.28 bits per heavy atom. The van der Waals surface area contributed by atoms with Crippen LogP contribution in [0.4, 0.5) is 0 Å². The number of alkyl halides is 2. The number of thiocarbonyl (C=S) groups is 1. The van der Waals surface area contributed by atoms with E-state index in [1.165, 1.54) is 27.6 Å². The Labute approximate surface area is 226 Å². The molecule has 194 valence electrons. The number of nitrogens with one attached hydrogen (secondary N) is 1. The molecule has 3 N–H and O–H groups in total. The Kier molecular flexibility index (Phi) is 7.42. The van der Waals surface area contributed by atoms with E-state index in [1.807, 2.05) is 13.2 Å². The van der Waals surface area contributed by atoms with Crippen LogP contribution in [0.3, 0.4) is 0 Å². The zero-order valence-corrected chi connectivity index (χ0v) is 24.3. The van der Waals surface area contributed by atoms with E-state index in [0.717, 1.165) is 31.2 Å². The van der Waals surface area contributed by atoms with E-state index in [9.17, 15) is 4.79 Å². The van der Waals surface area contributed by atoms with Gasteiger partial charge in [0.15, 0.2) is 0 Å². The summed E-state index contributed by atoms with van der Waals surface area (Å²) < 4.78 is 15.9. The monoisotopic (exact) mass is 621 g/mol. The van der Waals surface area contributed by atoms with Crippen LogP contribution in [0.1, 0.15) is 62.5 Å². The van der Waals surface area contributed by atoms with Gasteiger partial charge >= 0.3 is 227 Å². The van der Waals surface area contributed by atoms with Gasteiger partial charge in [0, 0.05) is 0 Å². The van der Waals surface area contributed by atoms with Crippen molar-refractivity contribution in [2.45, 2.75) is 60.9 Å². The number of rotatable bonds is 6. The molecule has 1 aromatic carbocycles. The molecular weight excluding hydrogens is 585 g/mol. The van der Waals surface area contributed by atoms with Crippen LogP contribution in [0.15, 0.2) is 50.2 Å². The molecule has 1 aromatic rings. The predicted molar refractivity (Wildman–Crippen MR) is 157 cm³/mol. The molecule has 1 saturated carbocycles. The molecule has 0 spiro atoms. The van der Waals surface area contributed by atoms with Crippen LogP contribution < -0.4 is 11.2 Å². The van der Waals surface area contributed by atoms with Gasteiger partial charge in [-0.15, -0.1) is 0 Å². The van der Waals surface area contributed by atoms with Crippen molar-refractivity contribution in [3.63, 3.8) is 0 Å². The van der Waals surface area contributed by atoms with E-state index in [-0.39, 0.29) is 16.1 Å². The molecule has 0 radical (unpaired) electrons. The quantitative estimate of drug-likeness (QED) is 0.153. The van der Waals surface area contributed by atoms with Gasteiger partial charge in [-0.3, -0.25) is 0 Å². The fourth-order valence-corrected chi connectivity index (χ4v) is 16.9. The van der Waals surface area contributed by atoms with E-state index in [4.69, 9.17) is 27.4 Å². The van der Waals surface area contributed by atoms with Crippen LogP contribution in [-0.2, 0) is 14.3 Å². The fourth-order valence-electron chi connectivity index (χ4n) is 6.98. The number of hydrogen-bond donors (Lipinski definition) is 2. The molecule has 0 amide bonds. The third kappa shape index (κ3) is 4.37. The summed E-state index contributed by atoms with van der Waals surface area (Å²) in [7, 11) is 3.68. The molecule has 4 atom stereocenters. The normalized spacial score (nSPS) is 32.7. The Bertz CT molecular complexity index is 1150. The standard InChI is InChI=1S/C28H36IN3O3S/c1-27-15-23(19-6-4-18(5-7-19)16-31-32-26(30)36)25-22-9-8-21(33)14-20(22)11-13-29(25)24(27)10-12-28(27,35-3)17-34-2/h4-7,14,16,23-24H,8-13,15,17H2,1-3H3,(H3,30,32,36)/b31-16+/t23?,24?,27?,28-/m1/s1. The number of halogens is 1. The number of nitrogens with two attached hydrogens (primary N) is 1. The van der Waals surface area contributed by atoms with Crippen LogP contribution >= 0.6 is 32.0 Å². The van der Waals surface area contributed by atoms with Gasteiger partial charge in [0.05, 0.1) is 0 Å². The average Bonchev–Trinajstić information content (AvgIpc) is 3.15. The molecule has 2 fully saturated rings. The van der Waals surface area contributed by atoms with Gasteiger partial charge in [-0.05, 0) is 0 Å². The van der Waals surface area contributed by atoms with E-state index >= 15 is 0 Å². The van der Waals surface area contributed by atoms with E-state index in [0.29, 0.717) is 28.7 Å². The molecule has 6 nitrogen and oxygen atoms in total. The minimum absolute atomic E-state index is 0.0733. The average molecular weight is 622 g/mol. The molecule has 0 aromatic heterocycles. The first-order valence-electron chi connectivity index (χ1n) is 12.7. The SMILES string of the molecule is COC[C@]1(OC)CCC2I3CCC4=CC(=O)CCC4=C3C(c3ccc(/C=N/NC(N)=S)cc3)CC21C. The summed E-state index contributed by atoms with van der Waals surface area (Å²) in [4.78, 5) is 12.3. The molecular formula is C28H36IN3O3S. The van der Waals surface area contributed by atoms with Crippen molar-refractivity contribution in [3.05, 3.63) is 56.2 Å². The molecule has 1 saturated heterocycles. The van der Waals surface area contributed by atoms with Gasteiger partial charge in [0.25, 0.3) is 0 Å². The maximum absolute atomic E-state index is 12.3. The second-order valence-electron chi connectivity index (χ2n) is 10.5. The number of ether oxygens (including phenoxy) is 2. The number of hydrazone groups is 1. The number of carbonyl (C=O) groups is 1. The van der Waals surface area contributed by atoms with Crippen LogP contribution in [0.2, 0.25) is 0 Å². The zero-order valence-electron chi connectivity index (χ0n) is 21.3. The van der Waals surface area contributed by atoms with Crippen LogP contribution in [-0.4, -0.2) is 51.9 Å². The van der Waals surface area contributed by atoms with Gasteiger partial charge in [0.1, 0.15) is 0 Å². The molecule has 2 aliphatic heterocycles.